The van der Waals surface area contributed by atoms with Gasteiger partial charge in [0.2, 0.25) is 11.7 Å². The highest BCUT2D eigenvalue weighted by atomic mass is 32.2. The zero-order valence-electron chi connectivity index (χ0n) is 23.4. The minimum atomic E-state index is -5.08. The van der Waals surface area contributed by atoms with Crippen molar-refractivity contribution in [1.82, 2.24) is 14.8 Å². The second kappa shape index (κ2) is 17.0. The quantitative estimate of drug-likeness (QED) is 0.244. The van der Waals surface area contributed by atoms with Crippen LogP contribution < -0.4 is 5.73 Å². The molecule has 44 heavy (non-hydrogen) atoms. The maximum absolute atomic E-state index is 13.4. The summed E-state index contributed by atoms with van der Waals surface area (Å²) in [5.74, 6) is -5.67. The molecule has 2 heterocycles. The second-order valence-electron chi connectivity index (χ2n) is 9.77. The van der Waals surface area contributed by atoms with Crippen molar-refractivity contribution < 1.29 is 50.6 Å². The van der Waals surface area contributed by atoms with Gasteiger partial charge in [0.25, 0.3) is 5.91 Å². The third-order valence-electron chi connectivity index (χ3n) is 6.63. The number of benzene rings is 1. The molecule has 1 aliphatic heterocycles. The van der Waals surface area contributed by atoms with Gasteiger partial charge in [-0.25, -0.2) is 4.79 Å². The molecule has 1 aromatic heterocycles. The highest BCUT2D eigenvalue weighted by Crippen LogP contribution is 2.27. The Labute approximate surface area is 253 Å². The van der Waals surface area contributed by atoms with Crippen molar-refractivity contribution in [3.05, 3.63) is 66.0 Å². The molecule has 2 aromatic rings. The SMILES string of the molecule is NC(=O)[C@H](CCCSCC(=O)C(F)(F)F)N(CCN1CCC(c2ccccc2)C1)C(=O)c1cccnc1.O=C(O)C(F)(F)F. The van der Waals surface area contributed by atoms with Gasteiger partial charge in [-0.15, -0.1) is 0 Å². The van der Waals surface area contributed by atoms with Crippen LogP contribution in [0.5, 0.6) is 0 Å². The number of likely N-dealkylation sites (tertiary alicyclic amines) is 1. The first-order chi connectivity index (χ1) is 20.6. The Morgan fingerprint density at radius 3 is 2.25 bits per heavy atom. The molecule has 0 bridgehead atoms. The molecule has 242 valence electrons. The van der Waals surface area contributed by atoms with Crippen LogP contribution in [-0.4, -0.2) is 99.5 Å². The lowest BCUT2D eigenvalue weighted by molar-refractivity contribution is -0.192. The molecule has 3 N–H and O–H groups in total. The third kappa shape index (κ3) is 12.1. The summed E-state index contributed by atoms with van der Waals surface area (Å²) in [5, 5.41) is 7.12. The van der Waals surface area contributed by atoms with Gasteiger partial charge in [-0.1, -0.05) is 30.3 Å². The molecule has 1 fully saturated rings. The van der Waals surface area contributed by atoms with Crippen LogP contribution in [0.4, 0.5) is 26.3 Å². The molecule has 2 amide bonds. The summed E-state index contributed by atoms with van der Waals surface area (Å²) >= 11 is 0.847. The number of pyridine rings is 1. The van der Waals surface area contributed by atoms with E-state index in [0.29, 0.717) is 24.4 Å². The number of nitrogens with two attached hydrogens (primary N) is 1. The number of amides is 2. The van der Waals surface area contributed by atoms with E-state index in [2.05, 4.69) is 22.0 Å². The first-order valence-corrected chi connectivity index (χ1v) is 14.5. The van der Waals surface area contributed by atoms with Crippen molar-refractivity contribution in [2.45, 2.75) is 43.6 Å². The standard InChI is InChI=1S/C26H31F3N4O3S.C2HF3O2/c27-26(28,29)23(34)18-37-15-5-9-22(24(30)35)33(25(36)20-8-4-11-31-16-20)14-13-32-12-10-21(17-32)19-6-2-1-3-7-19;3-2(4,5)1(6)7/h1-4,6-8,11,16,21-22H,5,9-10,12-15,17-18H2,(H2,30,35);(H,6,7)/t21?,22-;/m0./s1. The van der Waals surface area contributed by atoms with Crippen molar-refractivity contribution in [3.8, 4) is 0 Å². The average molecular weight is 651 g/mol. The molecule has 9 nitrogen and oxygen atoms in total. The lowest BCUT2D eigenvalue weighted by Crippen LogP contribution is -2.50. The van der Waals surface area contributed by atoms with Gasteiger partial charge in [0.1, 0.15) is 6.04 Å². The Balaban J connectivity index is 0.000000860. The summed E-state index contributed by atoms with van der Waals surface area (Å²) in [4.78, 5) is 53.4. The predicted octanol–water partition coefficient (Wildman–Crippen LogP) is 4.15. The highest BCUT2D eigenvalue weighted by Gasteiger charge is 2.38. The van der Waals surface area contributed by atoms with E-state index in [1.54, 1.807) is 18.3 Å². The first kappa shape index (κ1) is 36.5. The molecule has 1 unspecified atom stereocenters. The number of thioether (sulfide) groups is 1. The molecule has 1 aliphatic rings. The van der Waals surface area contributed by atoms with Gasteiger partial charge in [0.05, 0.1) is 11.3 Å². The largest absolute Gasteiger partial charge is 0.490 e. The summed E-state index contributed by atoms with van der Waals surface area (Å²) in [6, 6.07) is 12.5. The third-order valence-corrected chi connectivity index (χ3v) is 7.68. The monoisotopic (exact) mass is 650 g/mol. The normalized spacial score (nSPS) is 16.0. The number of hydrogen-bond donors (Lipinski definition) is 2. The molecule has 1 saturated heterocycles. The van der Waals surface area contributed by atoms with Gasteiger partial charge in [-0.2, -0.15) is 38.1 Å². The second-order valence-corrected chi connectivity index (χ2v) is 10.9. The molecule has 0 aliphatic carbocycles. The average Bonchev–Trinajstić information content (AvgIpc) is 3.45. The first-order valence-electron chi connectivity index (χ1n) is 13.4. The Hall–Kier alpha value is -3.66. The smallest absolute Gasteiger partial charge is 0.475 e. The lowest BCUT2D eigenvalue weighted by atomic mass is 9.99. The van der Waals surface area contributed by atoms with Gasteiger partial charge in [-0.05, 0) is 55.2 Å². The Morgan fingerprint density at radius 2 is 1.70 bits per heavy atom. The fraction of sp³-hybridized carbons (Fsp3) is 0.464. The number of Topliss-reactive ketones (excluding diaryl/α,β-unsaturated/α-hetero) is 1. The summed E-state index contributed by atoms with van der Waals surface area (Å²) < 4.78 is 68.9. The van der Waals surface area contributed by atoms with Crippen molar-refractivity contribution in [3.63, 3.8) is 0 Å². The minimum absolute atomic E-state index is 0.182. The van der Waals surface area contributed by atoms with Crippen LogP contribution in [-0.2, 0) is 14.4 Å². The fourth-order valence-electron chi connectivity index (χ4n) is 4.41. The molecule has 0 saturated carbocycles. The van der Waals surface area contributed by atoms with Crippen LogP contribution >= 0.6 is 11.8 Å². The number of halogens is 6. The molecule has 0 spiro atoms. The summed E-state index contributed by atoms with van der Waals surface area (Å²) in [6.45, 7) is 2.51. The molecule has 1 aromatic carbocycles. The fourth-order valence-corrected chi connectivity index (χ4v) is 5.28. The van der Waals surface area contributed by atoms with Crippen LogP contribution in [0.1, 0.15) is 41.1 Å². The van der Waals surface area contributed by atoms with Crippen LogP contribution in [0, 0.1) is 0 Å². The number of nitrogens with zero attached hydrogens (tertiary/aromatic N) is 3. The number of carbonyl (C=O) groups excluding carboxylic acids is 3. The van der Waals surface area contributed by atoms with Crippen LogP contribution in [0.15, 0.2) is 54.9 Å². The van der Waals surface area contributed by atoms with Crippen LogP contribution in [0.2, 0.25) is 0 Å². The van der Waals surface area contributed by atoms with Gasteiger partial charge in [-0.3, -0.25) is 19.4 Å². The number of aromatic nitrogens is 1. The number of rotatable bonds is 13. The van der Waals surface area contributed by atoms with Crippen molar-refractivity contribution in [2.75, 3.05) is 37.7 Å². The molecule has 2 atom stereocenters. The van der Waals surface area contributed by atoms with Gasteiger partial charge >= 0.3 is 18.3 Å². The summed E-state index contributed by atoms with van der Waals surface area (Å²) in [6.07, 6.45) is -5.48. The molecular formula is C28H32F6N4O5S. The lowest BCUT2D eigenvalue weighted by Gasteiger charge is -2.31. The van der Waals surface area contributed by atoms with Gasteiger partial charge < -0.3 is 20.6 Å². The van der Waals surface area contributed by atoms with E-state index in [0.717, 1.165) is 31.3 Å². The highest BCUT2D eigenvalue weighted by molar-refractivity contribution is 7.99. The summed E-state index contributed by atoms with van der Waals surface area (Å²) in [5.41, 5.74) is 7.27. The van der Waals surface area contributed by atoms with E-state index in [9.17, 15) is 40.7 Å². The van der Waals surface area contributed by atoms with E-state index < -0.39 is 41.8 Å². The molecule has 3 rings (SSSR count). The zero-order chi connectivity index (χ0) is 32.9. The number of carbonyl (C=O) groups is 4. The van der Waals surface area contributed by atoms with Crippen molar-refractivity contribution in [1.29, 1.82) is 0 Å². The Morgan fingerprint density at radius 1 is 1.05 bits per heavy atom. The van der Waals surface area contributed by atoms with E-state index in [4.69, 9.17) is 15.6 Å². The van der Waals surface area contributed by atoms with E-state index in [1.807, 2.05) is 18.2 Å². The molecule has 0 radical (unpaired) electrons. The zero-order valence-corrected chi connectivity index (χ0v) is 24.2. The minimum Gasteiger partial charge on any atom is -0.475 e. The Kier molecular flexibility index (Phi) is 14.1. The predicted molar refractivity (Wildman–Crippen MR) is 150 cm³/mol. The number of primary amides is 1. The van der Waals surface area contributed by atoms with E-state index in [1.165, 1.54) is 16.7 Å². The number of carboxylic acids is 1. The van der Waals surface area contributed by atoms with E-state index >= 15 is 0 Å². The number of hydrogen-bond acceptors (Lipinski definition) is 7. The topological polar surface area (TPSA) is 134 Å². The Bertz CT molecular complexity index is 1230. The van der Waals surface area contributed by atoms with Crippen LogP contribution in [0.25, 0.3) is 0 Å². The number of aliphatic carboxylic acids is 1. The summed E-state index contributed by atoms with van der Waals surface area (Å²) in [7, 11) is 0. The maximum atomic E-state index is 13.4. The van der Waals surface area contributed by atoms with Crippen molar-refractivity contribution in [2.24, 2.45) is 5.73 Å². The van der Waals surface area contributed by atoms with E-state index in [-0.39, 0.29) is 24.6 Å². The van der Waals surface area contributed by atoms with Crippen molar-refractivity contribution >= 4 is 35.3 Å². The van der Waals surface area contributed by atoms with Gasteiger partial charge in [0.15, 0.2) is 0 Å². The van der Waals surface area contributed by atoms with Gasteiger partial charge in [0, 0.05) is 32.0 Å². The number of ketones is 1. The molecular weight excluding hydrogens is 618 g/mol. The number of carboxylic acid groups (broad SMARTS) is 1. The van der Waals surface area contributed by atoms with Crippen LogP contribution in [0.3, 0.4) is 0 Å². The maximum Gasteiger partial charge on any atom is 0.490 e. The number of alkyl halides is 6. The molecule has 16 heteroatoms.